The molecule has 0 unspecified atom stereocenters. The van der Waals surface area contributed by atoms with Crippen LogP contribution in [-0.2, 0) is 0 Å². The molecule has 3 rings (SSSR count). The predicted octanol–water partition coefficient (Wildman–Crippen LogP) is 8.34. The van der Waals surface area contributed by atoms with Crippen LogP contribution in [-0.4, -0.2) is 7.11 Å². The Bertz CT molecular complexity index is 434. The molecule has 140 valence electrons. The molecule has 3 heteroatoms. The summed E-state index contributed by atoms with van der Waals surface area (Å²) in [5.74, 6) is 1.72. The molecule has 24 heavy (non-hydrogen) atoms. The molecule has 0 aliphatic heterocycles. The van der Waals surface area contributed by atoms with E-state index in [9.17, 15) is 0 Å². The van der Waals surface area contributed by atoms with Crippen LogP contribution >= 0.6 is 23.2 Å². The van der Waals surface area contributed by atoms with Crippen LogP contribution in [0.4, 0.5) is 0 Å². The summed E-state index contributed by atoms with van der Waals surface area (Å²) in [6.07, 6.45) is 9.24. The summed E-state index contributed by atoms with van der Waals surface area (Å²) < 4.78 is 4.96. The van der Waals surface area contributed by atoms with Gasteiger partial charge in [0.05, 0.1) is 7.11 Å². The van der Waals surface area contributed by atoms with E-state index in [0.29, 0.717) is 15.8 Å². The summed E-state index contributed by atoms with van der Waals surface area (Å²) in [6, 6.07) is 3.48. The van der Waals surface area contributed by atoms with E-state index < -0.39 is 0 Å². The van der Waals surface area contributed by atoms with Crippen molar-refractivity contribution >= 4 is 23.2 Å². The lowest BCUT2D eigenvalue weighted by molar-refractivity contribution is 0.271. The Balaban J connectivity index is 0.000000369. The van der Waals surface area contributed by atoms with Crippen molar-refractivity contribution in [2.75, 3.05) is 7.11 Å². The first-order valence-corrected chi connectivity index (χ1v) is 10.2. The molecule has 1 aromatic rings. The summed E-state index contributed by atoms with van der Waals surface area (Å²) >= 11 is 11.7. The summed E-state index contributed by atoms with van der Waals surface area (Å²) in [6.45, 7) is 12.3. The van der Waals surface area contributed by atoms with E-state index >= 15 is 0 Å². The van der Waals surface area contributed by atoms with Crippen molar-refractivity contribution in [3.05, 3.63) is 27.7 Å². The van der Waals surface area contributed by atoms with E-state index in [-0.39, 0.29) is 0 Å². The lowest BCUT2D eigenvalue weighted by Crippen LogP contribution is -2.12. The fraction of sp³-hybridized carbons (Fsp3) is 0.714. The van der Waals surface area contributed by atoms with Crippen LogP contribution in [0.2, 0.25) is 10.0 Å². The van der Waals surface area contributed by atoms with Gasteiger partial charge in [0, 0.05) is 10.0 Å². The molecule has 0 heterocycles. The number of ether oxygens (including phenoxy) is 1. The second-order valence-corrected chi connectivity index (χ2v) is 7.21. The Kier molecular flexibility index (Phi) is 11.8. The maximum atomic E-state index is 5.83. The second kappa shape index (κ2) is 12.0. The highest BCUT2D eigenvalue weighted by atomic mass is 35.5. The average Bonchev–Trinajstić information content (AvgIpc) is 3.39. The number of hydrogen-bond donors (Lipinski definition) is 0. The zero-order valence-corrected chi connectivity index (χ0v) is 18.2. The van der Waals surface area contributed by atoms with Gasteiger partial charge in [-0.3, -0.25) is 0 Å². The monoisotopic (exact) mass is 374 g/mol. The van der Waals surface area contributed by atoms with E-state index in [2.05, 4.69) is 6.92 Å². The van der Waals surface area contributed by atoms with Crippen molar-refractivity contribution in [2.45, 2.75) is 80.1 Å². The maximum absolute atomic E-state index is 5.83. The Labute approximate surface area is 160 Å². The molecule has 2 saturated carbocycles. The van der Waals surface area contributed by atoms with Crippen molar-refractivity contribution in [1.29, 1.82) is 0 Å². The Morgan fingerprint density at radius 3 is 1.67 bits per heavy atom. The van der Waals surface area contributed by atoms with Gasteiger partial charge in [0.25, 0.3) is 0 Å². The van der Waals surface area contributed by atoms with Gasteiger partial charge >= 0.3 is 0 Å². The predicted molar refractivity (Wildman–Crippen MR) is 110 cm³/mol. The molecule has 2 aliphatic rings. The average molecular weight is 375 g/mol. The van der Waals surface area contributed by atoms with E-state index in [4.69, 9.17) is 27.9 Å². The highest BCUT2D eigenvalue weighted by Crippen LogP contribution is 2.56. The fourth-order valence-electron chi connectivity index (χ4n) is 2.79. The third-order valence-corrected chi connectivity index (χ3v) is 5.57. The van der Waals surface area contributed by atoms with E-state index in [1.54, 1.807) is 44.9 Å². The van der Waals surface area contributed by atoms with E-state index in [1.807, 2.05) is 34.6 Å². The zero-order valence-electron chi connectivity index (χ0n) is 16.6. The molecule has 1 spiro atoms. The van der Waals surface area contributed by atoms with Gasteiger partial charge in [-0.2, -0.15) is 0 Å². The van der Waals surface area contributed by atoms with Crippen LogP contribution in [0.25, 0.3) is 0 Å². The molecule has 0 bridgehead atoms. The molecule has 2 aliphatic carbocycles. The maximum Gasteiger partial charge on any atom is 0.121 e. The minimum Gasteiger partial charge on any atom is -0.497 e. The Morgan fingerprint density at radius 1 is 0.917 bits per heavy atom. The van der Waals surface area contributed by atoms with Crippen molar-refractivity contribution < 1.29 is 4.74 Å². The minimum atomic E-state index is 0.634. The van der Waals surface area contributed by atoms with Crippen LogP contribution < -0.4 is 4.74 Å². The molecule has 0 radical (unpaired) electrons. The van der Waals surface area contributed by atoms with E-state index in [1.165, 1.54) is 12.8 Å². The Morgan fingerprint density at radius 2 is 1.33 bits per heavy atom. The molecular weight excluding hydrogens is 339 g/mol. The van der Waals surface area contributed by atoms with Gasteiger partial charge in [-0.25, -0.2) is 0 Å². The van der Waals surface area contributed by atoms with Crippen molar-refractivity contribution in [3.8, 4) is 5.75 Å². The van der Waals surface area contributed by atoms with Crippen molar-refractivity contribution in [3.63, 3.8) is 0 Å². The van der Waals surface area contributed by atoms with Gasteiger partial charge < -0.3 is 4.74 Å². The minimum absolute atomic E-state index is 0.634. The first-order valence-electron chi connectivity index (χ1n) is 9.45. The first kappa shape index (κ1) is 23.6. The second-order valence-electron chi connectivity index (χ2n) is 6.40. The fourth-order valence-corrected chi connectivity index (χ4v) is 3.26. The third-order valence-electron chi connectivity index (χ3n) is 4.78. The molecule has 0 N–H and O–H groups in total. The SMILES string of the molecule is CC.CC.CC1CCC2(CC1)CC2.COc1cc(Cl)c(C)c(Cl)c1. The standard InChI is InChI=1S/C9H16.C8H8Cl2O.2C2H6/c1-8-2-4-9(5-3-8)6-7-9;1-5-7(9)3-6(11-2)4-8(5)10;2*1-2/h8H,2-7H2,1H3;3-4H,1-2H3;2*1-2H3. The molecule has 1 aromatic carbocycles. The van der Waals surface area contributed by atoms with Gasteiger partial charge in [0.15, 0.2) is 0 Å². The number of benzene rings is 1. The highest BCUT2D eigenvalue weighted by Gasteiger charge is 2.43. The van der Waals surface area contributed by atoms with Crippen LogP contribution in [0.3, 0.4) is 0 Å². The molecule has 2 fully saturated rings. The summed E-state index contributed by atoms with van der Waals surface area (Å²) in [4.78, 5) is 0. The topological polar surface area (TPSA) is 9.23 Å². The zero-order chi connectivity index (χ0) is 18.8. The van der Waals surface area contributed by atoms with Gasteiger partial charge in [-0.05, 0) is 61.6 Å². The van der Waals surface area contributed by atoms with Crippen LogP contribution in [0, 0.1) is 18.3 Å². The molecule has 0 atom stereocenters. The van der Waals surface area contributed by atoms with Gasteiger partial charge in [-0.15, -0.1) is 0 Å². The van der Waals surface area contributed by atoms with Crippen LogP contribution in [0.15, 0.2) is 12.1 Å². The largest absolute Gasteiger partial charge is 0.497 e. The molecular formula is C21H36Cl2O. The van der Waals surface area contributed by atoms with Crippen molar-refractivity contribution in [1.82, 2.24) is 0 Å². The smallest absolute Gasteiger partial charge is 0.121 e. The third kappa shape index (κ3) is 7.66. The summed E-state index contributed by atoms with van der Waals surface area (Å²) in [5.41, 5.74) is 1.79. The number of halogens is 2. The lowest BCUT2D eigenvalue weighted by Gasteiger charge is -2.25. The molecule has 0 amide bonds. The van der Waals surface area contributed by atoms with Crippen LogP contribution in [0.1, 0.15) is 78.7 Å². The first-order chi connectivity index (χ1) is 11.5. The summed E-state index contributed by atoms with van der Waals surface area (Å²) in [7, 11) is 1.58. The van der Waals surface area contributed by atoms with Gasteiger partial charge in [0.2, 0.25) is 0 Å². The molecule has 0 aromatic heterocycles. The lowest BCUT2D eigenvalue weighted by atomic mass is 9.81. The number of rotatable bonds is 1. The normalized spacial score (nSPS) is 17.4. The molecule has 1 nitrogen and oxygen atoms in total. The number of hydrogen-bond acceptors (Lipinski definition) is 1. The Hall–Kier alpha value is -0.400. The summed E-state index contributed by atoms with van der Waals surface area (Å²) in [5, 5.41) is 1.27. The van der Waals surface area contributed by atoms with Crippen molar-refractivity contribution in [2.24, 2.45) is 11.3 Å². The van der Waals surface area contributed by atoms with E-state index in [0.717, 1.165) is 16.9 Å². The van der Waals surface area contributed by atoms with Gasteiger partial charge in [-0.1, -0.05) is 70.7 Å². The number of methoxy groups -OCH3 is 1. The van der Waals surface area contributed by atoms with Crippen LogP contribution in [0.5, 0.6) is 5.75 Å². The highest BCUT2D eigenvalue weighted by molar-refractivity contribution is 6.36. The van der Waals surface area contributed by atoms with Gasteiger partial charge in [0.1, 0.15) is 5.75 Å². The quantitative estimate of drug-likeness (QED) is 0.479. The molecule has 0 saturated heterocycles.